The second-order valence-corrected chi connectivity index (χ2v) is 7.15. The zero-order chi connectivity index (χ0) is 16.0. The Morgan fingerprint density at radius 3 is 1.86 bits per heavy atom. The van der Waals surface area contributed by atoms with E-state index in [1.165, 1.54) is 51.4 Å². The SMILES string of the molecule is CCCCCCCCCCCCOC(O)CCS(=O)(=O)O. The molecule has 0 fully saturated rings. The highest BCUT2D eigenvalue weighted by atomic mass is 32.2. The molecule has 0 aromatic rings. The molecule has 0 saturated heterocycles. The molecular formula is C15H32O5S. The molecule has 0 heterocycles. The Bertz CT molecular complexity index is 316. The van der Waals surface area contributed by atoms with Gasteiger partial charge in [-0.1, -0.05) is 64.7 Å². The first-order chi connectivity index (χ1) is 9.95. The van der Waals surface area contributed by atoms with Gasteiger partial charge in [-0.2, -0.15) is 8.42 Å². The Hall–Kier alpha value is -0.170. The Morgan fingerprint density at radius 2 is 1.38 bits per heavy atom. The summed E-state index contributed by atoms with van der Waals surface area (Å²) < 4.78 is 34.6. The van der Waals surface area contributed by atoms with Crippen molar-refractivity contribution in [2.75, 3.05) is 12.4 Å². The van der Waals surface area contributed by atoms with Crippen molar-refractivity contribution in [1.29, 1.82) is 0 Å². The fourth-order valence-electron chi connectivity index (χ4n) is 2.14. The van der Waals surface area contributed by atoms with Crippen LogP contribution < -0.4 is 0 Å². The van der Waals surface area contributed by atoms with Crippen LogP contribution in [0.5, 0.6) is 0 Å². The Balaban J connectivity index is 3.21. The van der Waals surface area contributed by atoms with Crippen LogP contribution >= 0.6 is 0 Å². The van der Waals surface area contributed by atoms with Crippen LogP contribution in [0.25, 0.3) is 0 Å². The number of aliphatic hydroxyl groups is 1. The summed E-state index contributed by atoms with van der Waals surface area (Å²) in [6.45, 7) is 2.66. The molecule has 0 aliphatic rings. The minimum atomic E-state index is -4.01. The van der Waals surface area contributed by atoms with Crippen molar-refractivity contribution in [3.05, 3.63) is 0 Å². The van der Waals surface area contributed by atoms with Gasteiger partial charge in [0.05, 0.1) is 5.75 Å². The topological polar surface area (TPSA) is 83.8 Å². The van der Waals surface area contributed by atoms with Gasteiger partial charge in [0, 0.05) is 13.0 Å². The van der Waals surface area contributed by atoms with E-state index in [4.69, 9.17) is 9.29 Å². The molecule has 0 bridgehead atoms. The van der Waals surface area contributed by atoms with Crippen molar-refractivity contribution in [2.45, 2.75) is 83.8 Å². The standard InChI is InChI=1S/C15H32O5S/c1-2-3-4-5-6-7-8-9-10-11-13-20-15(16)12-14-21(17,18)19/h15-16H,2-14H2,1H3,(H,17,18,19). The van der Waals surface area contributed by atoms with E-state index in [-0.39, 0.29) is 6.42 Å². The largest absolute Gasteiger partial charge is 0.368 e. The van der Waals surface area contributed by atoms with Gasteiger partial charge in [0.2, 0.25) is 0 Å². The maximum Gasteiger partial charge on any atom is 0.265 e. The normalized spacial score (nSPS) is 13.5. The smallest absolute Gasteiger partial charge is 0.265 e. The second-order valence-electron chi connectivity index (χ2n) is 5.58. The monoisotopic (exact) mass is 324 g/mol. The highest BCUT2D eigenvalue weighted by molar-refractivity contribution is 7.85. The van der Waals surface area contributed by atoms with Gasteiger partial charge in [0.25, 0.3) is 10.1 Å². The molecular weight excluding hydrogens is 292 g/mol. The van der Waals surface area contributed by atoms with Crippen molar-refractivity contribution in [2.24, 2.45) is 0 Å². The molecule has 0 spiro atoms. The van der Waals surface area contributed by atoms with Gasteiger partial charge in [0.15, 0.2) is 6.29 Å². The van der Waals surface area contributed by atoms with Crippen LogP contribution in [0, 0.1) is 0 Å². The minimum Gasteiger partial charge on any atom is -0.368 e. The van der Waals surface area contributed by atoms with E-state index in [0.717, 1.165) is 12.8 Å². The number of rotatable bonds is 15. The molecule has 2 N–H and O–H groups in total. The first-order valence-corrected chi connectivity index (χ1v) is 9.81. The van der Waals surface area contributed by atoms with E-state index in [9.17, 15) is 13.5 Å². The lowest BCUT2D eigenvalue weighted by atomic mass is 10.1. The third-order valence-electron chi connectivity index (χ3n) is 3.43. The van der Waals surface area contributed by atoms with E-state index in [0.29, 0.717) is 6.61 Å². The lowest BCUT2D eigenvalue weighted by molar-refractivity contribution is -0.100. The van der Waals surface area contributed by atoms with Gasteiger partial charge in [-0.25, -0.2) is 0 Å². The fraction of sp³-hybridized carbons (Fsp3) is 1.00. The van der Waals surface area contributed by atoms with Crippen molar-refractivity contribution in [1.82, 2.24) is 0 Å². The zero-order valence-electron chi connectivity index (χ0n) is 13.3. The van der Waals surface area contributed by atoms with E-state index in [1.807, 2.05) is 0 Å². The fourth-order valence-corrected chi connectivity index (χ4v) is 2.64. The van der Waals surface area contributed by atoms with E-state index >= 15 is 0 Å². The summed E-state index contributed by atoms with van der Waals surface area (Å²) in [6.07, 6.45) is 11.1. The zero-order valence-corrected chi connectivity index (χ0v) is 14.1. The Morgan fingerprint density at radius 1 is 0.905 bits per heavy atom. The summed E-state index contributed by atoms with van der Waals surface area (Å²) in [5.41, 5.74) is 0. The summed E-state index contributed by atoms with van der Waals surface area (Å²) in [5, 5.41) is 9.36. The molecule has 6 heteroatoms. The minimum absolute atomic E-state index is 0.0867. The third-order valence-corrected chi connectivity index (χ3v) is 4.18. The summed E-state index contributed by atoms with van der Waals surface area (Å²) in [5.74, 6) is -0.466. The lowest BCUT2D eigenvalue weighted by Gasteiger charge is -2.10. The quantitative estimate of drug-likeness (QED) is 0.273. The van der Waals surface area contributed by atoms with Crippen LogP contribution in [0.3, 0.4) is 0 Å². The van der Waals surface area contributed by atoms with E-state index in [2.05, 4.69) is 6.92 Å². The summed E-state index contributed by atoms with van der Waals surface area (Å²) in [4.78, 5) is 0. The van der Waals surface area contributed by atoms with Crippen LogP contribution in [-0.4, -0.2) is 36.7 Å². The maximum atomic E-state index is 10.5. The van der Waals surface area contributed by atoms with Crippen molar-refractivity contribution < 1.29 is 22.8 Å². The van der Waals surface area contributed by atoms with Crippen molar-refractivity contribution in [3.63, 3.8) is 0 Å². The number of ether oxygens (including phenoxy) is 1. The Kier molecular flexibility index (Phi) is 13.4. The van der Waals surface area contributed by atoms with Crippen molar-refractivity contribution in [3.8, 4) is 0 Å². The third kappa shape index (κ3) is 17.8. The van der Waals surface area contributed by atoms with Gasteiger partial charge in [0.1, 0.15) is 0 Å². The molecule has 0 radical (unpaired) electrons. The highest BCUT2D eigenvalue weighted by Gasteiger charge is 2.10. The first kappa shape index (κ1) is 20.8. The van der Waals surface area contributed by atoms with Gasteiger partial charge < -0.3 is 9.84 Å². The average Bonchev–Trinajstić information content (AvgIpc) is 2.42. The first-order valence-electron chi connectivity index (χ1n) is 8.20. The van der Waals surface area contributed by atoms with E-state index in [1.54, 1.807) is 0 Å². The summed E-state index contributed by atoms with van der Waals surface area (Å²) in [6, 6.07) is 0. The molecule has 0 aliphatic heterocycles. The maximum absolute atomic E-state index is 10.5. The molecule has 1 atom stereocenters. The number of aliphatic hydroxyl groups excluding tert-OH is 1. The predicted molar refractivity (Wildman–Crippen MR) is 84.8 cm³/mol. The Labute approximate surface area is 129 Å². The molecule has 128 valence electrons. The second kappa shape index (κ2) is 13.5. The molecule has 0 aromatic heterocycles. The van der Waals surface area contributed by atoms with Gasteiger partial charge in [-0.15, -0.1) is 0 Å². The van der Waals surface area contributed by atoms with Gasteiger partial charge >= 0.3 is 0 Å². The molecule has 5 nitrogen and oxygen atoms in total. The molecule has 0 rings (SSSR count). The van der Waals surface area contributed by atoms with Crippen LogP contribution in [0.15, 0.2) is 0 Å². The molecule has 0 amide bonds. The van der Waals surface area contributed by atoms with Gasteiger partial charge in [-0.05, 0) is 6.42 Å². The van der Waals surface area contributed by atoms with Crippen LogP contribution in [0.1, 0.15) is 77.6 Å². The number of hydrogen-bond donors (Lipinski definition) is 2. The van der Waals surface area contributed by atoms with E-state index < -0.39 is 22.2 Å². The summed E-state index contributed by atoms with van der Waals surface area (Å²) >= 11 is 0. The van der Waals surface area contributed by atoms with Crippen molar-refractivity contribution >= 4 is 10.1 Å². The number of unbranched alkanes of at least 4 members (excludes halogenated alkanes) is 9. The molecule has 1 unspecified atom stereocenters. The molecule has 0 aromatic carbocycles. The molecule has 0 aliphatic carbocycles. The number of hydrogen-bond acceptors (Lipinski definition) is 4. The molecule has 0 saturated carbocycles. The summed E-state index contributed by atoms with van der Waals surface area (Å²) in [7, 11) is -4.01. The predicted octanol–water partition coefficient (Wildman–Crippen LogP) is 3.52. The van der Waals surface area contributed by atoms with Gasteiger partial charge in [-0.3, -0.25) is 4.55 Å². The van der Waals surface area contributed by atoms with Crippen LogP contribution in [0.2, 0.25) is 0 Å². The van der Waals surface area contributed by atoms with Crippen LogP contribution in [0.4, 0.5) is 0 Å². The molecule has 21 heavy (non-hydrogen) atoms. The average molecular weight is 324 g/mol. The lowest BCUT2D eigenvalue weighted by Crippen LogP contribution is -2.18. The van der Waals surface area contributed by atoms with Crippen LogP contribution in [-0.2, 0) is 14.9 Å². The highest BCUT2D eigenvalue weighted by Crippen LogP contribution is 2.10.